The number of nitrogens with zero attached hydrogens (tertiary/aromatic N) is 1. The Morgan fingerprint density at radius 1 is 1.47 bits per heavy atom. The third-order valence-electron chi connectivity index (χ3n) is 2.32. The lowest BCUT2D eigenvalue weighted by Gasteiger charge is -2.18. The van der Waals surface area contributed by atoms with Gasteiger partial charge in [0.1, 0.15) is 4.88 Å². The van der Waals surface area contributed by atoms with Gasteiger partial charge in [0.2, 0.25) is 0 Å². The van der Waals surface area contributed by atoms with Crippen molar-refractivity contribution >= 4 is 23.2 Å². The van der Waals surface area contributed by atoms with Gasteiger partial charge in [-0.05, 0) is 6.42 Å². The highest BCUT2D eigenvalue weighted by Crippen LogP contribution is 2.31. The molecule has 9 heteroatoms. The van der Waals surface area contributed by atoms with Gasteiger partial charge in [-0.1, -0.05) is 0 Å². The molecule has 0 aromatic carbocycles. The van der Waals surface area contributed by atoms with Crippen LogP contribution in [0.3, 0.4) is 0 Å². The van der Waals surface area contributed by atoms with Gasteiger partial charge in [-0.3, -0.25) is 14.6 Å². The molecule has 1 amide bonds. The molecular formula is C10H11F3N2O3S. The van der Waals surface area contributed by atoms with Gasteiger partial charge in [0, 0.05) is 6.54 Å². The molecule has 2 N–H and O–H groups in total. The highest BCUT2D eigenvalue weighted by molar-refractivity contribution is 7.11. The van der Waals surface area contributed by atoms with Gasteiger partial charge in [0.15, 0.2) is 0 Å². The van der Waals surface area contributed by atoms with E-state index in [1.54, 1.807) is 0 Å². The minimum absolute atomic E-state index is 0.242. The van der Waals surface area contributed by atoms with E-state index < -0.39 is 36.8 Å². The van der Waals surface area contributed by atoms with Crippen molar-refractivity contribution in [3.05, 3.63) is 16.6 Å². The number of carboxylic acids is 1. The normalized spacial score (nSPS) is 13.0. The first-order chi connectivity index (χ1) is 8.80. The predicted octanol–water partition coefficient (Wildman–Crippen LogP) is 1.92. The molecule has 0 aliphatic carbocycles. The summed E-state index contributed by atoms with van der Waals surface area (Å²) in [5.74, 6) is -4.00. The Labute approximate surface area is 110 Å². The quantitative estimate of drug-likeness (QED) is 0.840. The number of carboxylic acid groups (broad SMARTS) is 1. The molecule has 0 fully saturated rings. The van der Waals surface area contributed by atoms with Crippen LogP contribution in [0, 0.1) is 5.92 Å². The fraction of sp³-hybridized carbons (Fsp3) is 0.500. The molecule has 5 nitrogen and oxygen atoms in total. The summed E-state index contributed by atoms with van der Waals surface area (Å²) in [7, 11) is 0. The van der Waals surface area contributed by atoms with Crippen molar-refractivity contribution in [3.63, 3.8) is 0 Å². The molecular weight excluding hydrogens is 285 g/mol. The summed E-state index contributed by atoms with van der Waals surface area (Å²) in [6.07, 6.45) is -4.76. The third kappa shape index (κ3) is 5.25. The molecule has 19 heavy (non-hydrogen) atoms. The zero-order valence-electron chi connectivity index (χ0n) is 9.61. The number of amides is 1. The molecule has 1 aromatic rings. The van der Waals surface area contributed by atoms with E-state index in [0.717, 1.165) is 11.3 Å². The lowest BCUT2D eigenvalue weighted by molar-refractivity contribution is -0.184. The molecule has 1 heterocycles. The van der Waals surface area contributed by atoms with Gasteiger partial charge in [-0.2, -0.15) is 13.2 Å². The maximum Gasteiger partial charge on any atom is 0.392 e. The Balaban J connectivity index is 2.44. The van der Waals surface area contributed by atoms with Crippen molar-refractivity contribution in [1.82, 2.24) is 10.3 Å². The summed E-state index contributed by atoms with van der Waals surface area (Å²) in [6.45, 7) is -0.242. The number of carbonyl (C=O) groups is 2. The van der Waals surface area contributed by atoms with Gasteiger partial charge in [0.25, 0.3) is 5.91 Å². The molecule has 1 aromatic heterocycles. The zero-order chi connectivity index (χ0) is 14.5. The number of nitrogens with one attached hydrogen (secondary N) is 1. The molecule has 0 radical (unpaired) electrons. The second kappa shape index (κ2) is 6.50. The van der Waals surface area contributed by atoms with E-state index in [-0.39, 0.29) is 6.54 Å². The van der Waals surface area contributed by atoms with Crippen LogP contribution in [-0.2, 0) is 4.79 Å². The van der Waals surface area contributed by atoms with E-state index in [4.69, 9.17) is 5.11 Å². The van der Waals surface area contributed by atoms with E-state index in [2.05, 4.69) is 10.3 Å². The van der Waals surface area contributed by atoms with Crippen LogP contribution in [0.5, 0.6) is 0 Å². The Bertz CT molecular complexity index is 434. The smallest absolute Gasteiger partial charge is 0.392 e. The topological polar surface area (TPSA) is 79.3 Å². The van der Waals surface area contributed by atoms with Gasteiger partial charge >= 0.3 is 12.1 Å². The number of halogens is 3. The molecule has 1 rings (SSSR count). The minimum Gasteiger partial charge on any atom is -0.481 e. The summed E-state index contributed by atoms with van der Waals surface area (Å²) < 4.78 is 37.5. The molecule has 0 aliphatic rings. The monoisotopic (exact) mass is 296 g/mol. The second-order valence-electron chi connectivity index (χ2n) is 3.75. The van der Waals surface area contributed by atoms with E-state index in [9.17, 15) is 22.8 Å². The molecule has 0 aliphatic heterocycles. The lowest BCUT2D eigenvalue weighted by Crippen LogP contribution is -2.31. The first-order valence-electron chi connectivity index (χ1n) is 5.26. The van der Waals surface area contributed by atoms with Crippen LogP contribution in [0.1, 0.15) is 22.5 Å². The van der Waals surface area contributed by atoms with Crippen LogP contribution in [0.2, 0.25) is 0 Å². The first kappa shape index (κ1) is 15.4. The Hall–Kier alpha value is -1.64. The van der Waals surface area contributed by atoms with Crippen molar-refractivity contribution in [2.45, 2.75) is 19.0 Å². The predicted molar refractivity (Wildman–Crippen MR) is 60.9 cm³/mol. The summed E-state index contributed by atoms with van der Waals surface area (Å²) in [5.41, 5.74) is 1.43. The SMILES string of the molecule is O=C(O)CC(CCNC(=O)c1cncs1)C(F)(F)F. The maximum atomic E-state index is 12.5. The average Bonchev–Trinajstić information content (AvgIpc) is 2.79. The number of aromatic nitrogens is 1. The number of hydrogen-bond acceptors (Lipinski definition) is 4. The van der Waals surface area contributed by atoms with Crippen LogP contribution in [0.25, 0.3) is 0 Å². The Kier molecular flexibility index (Phi) is 5.28. The van der Waals surface area contributed by atoms with Crippen molar-refractivity contribution in [2.24, 2.45) is 5.92 Å². The van der Waals surface area contributed by atoms with E-state index >= 15 is 0 Å². The Morgan fingerprint density at radius 3 is 2.63 bits per heavy atom. The molecule has 1 unspecified atom stereocenters. The number of rotatable bonds is 6. The average molecular weight is 296 g/mol. The number of hydrogen-bond donors (Lipinski definition) is 2. The molecule has 0 saturated heterocycles. The molecule has 0 saturated carbocycles. The van der Waals surface area contributed by atoms with E-state index in [0.29, 0.717) is 4.88 Å². The minimum atomic E-state index is -4.59. The molecule has 106 valence electrons. The first-order valence-corrected chi connectivity index (χ1v) is 6.14. The van der Waals surface area contributed by atoms with Crippen LogP contribution >= 0.6 is 11.3 Å². The van der Waals surface area contributed by atoms with Crippen LogP contribution in [-0.4, -0.2) is 34.7 Å². The van der Waals surface area contributed by atoms with Gasteiger partial charge in [-0.15, -0.1) is 11.3 Å². The number of carbonyl (C=O) groups excluding carboxylic acids is 1. The van der Waals surface area contributed by atoms with Crippen LogP contribution in [0.15, 0.2) is 11.7 Å². The standard InChI is InChI=1S/C10H11F3N2O3S/c11-10(12,13)6(3-8(16)17)1-2-15-9(18)7-4-14-5-19-7/h4-6H,1-3H2,(H,15,18)(H,16,17). The van der Waals surface area contributed by atoms with Gasteiger partial charge < -0.3 is 10.4 Å². The molecule has 0 bridgehead atoms. The highest BCUT2D eigenvalue weighted by Gasteiger charge is 2.40. The second-order valence-corrected chi connectivity index (χ2v) is 4.63. The third-order valence-corrected chi connectivity index (χ3v) is 3.09. The summed E-state index contributed by atoms with van der Waals surface area (Å²) in [6, 6.07) is 0. The molecule has 0 spiro atoms. The van der Waals surface area contributed by atoms with Crippen molar-refractivity contribution < 1.29 is 27.9 Å². The zero-order valence-corrected chi connectivity index (χ0v) is 10.4. The fourth-order valence-corrected chi connectivity index (χ4v) is 1.90. The van der Waals surface area contributed by atoms with Gasteiger partial charge in [-0.25, -0.2) is 0 Å². The van der Waals surface area contributed by atoms with E-state index in [1.807, 2.05) is 0 Å². The lowest BCUT2D eigenvalue weighted by atomic mass is 10.0. The van der Waals surface area contributed by atoms with Crippen molar-refractivity contribution in [1.29, 1.82) is 0 Å². The fourth-order valence-electron chi connectivity index (χ4n) is 1.37. The van der Waals surface area contributed by atoms with Crippen molar-refractivity contribution in [2.75, 3.05) is 6.54 Å². The number of aliphatic carboxylic acids is 1. The number of alkyl halides is 3. The highest BCUT2D eigenvalue weighted by atomic mass is 32.1. The van der Waals surface area contributed by atoms with Gasteiger partial charge in [0.05, 0.1) is 24.0 Å². The molecule has 1 atom stereocenters. The summed E-state index contributed by atoms with van der Waals surface area (Å²) in [4.78, 5) is 25.7. The van der Waals surface area contributed by atoms with E-state index in [1.165, 1.54) is 11.7 Å². The maximum absolute atomic E-state index is 12.5. The summed E-state index contributed by atoms with van der Waals surface area (Å²) >= 11 is 1.07. The van der Waals surface area contributed by atoms with Crippen molar-refractivity contribution in [3.8, 4) is 0 Å². The van der Waals surface area contributed by atoms with Crippen LogP contribution in [0.4, 0.5) is 13.2 Å². The Morgan fingerprint density at radius 2 is 2.16 bits per heavy atom. The van der Waals surface area contributed by atoms with Crippen LogP contribution < -0.4 is 5.32 Å². The number of thiazole rings is 1. The largest absolute Gasteiger partial charge is 0.481 e. The summed E-state index contributed by atoms with van der Waals surface area (Å²) in [5, 5.41) is 10.7.